The number of pyridine rings is 1. The van der Waals surface area contributed by atoms with E-state index in [0.717, 1.165) is 16.8 Å². The summed E-state index contributed by atoms with van der Waals surface area (Å²) >= 11 is 0. The topological polar surface area (TPSA) is 106 Å². The molecule has 104 valence electrons. The first-order valence-electron chi connectivity index (χ1n) is 5.97. The third kappa shape index (κ3) is 3.01. The van der Waals surface area contributed by atoms with Crippen LogP contribution in [0, 0.1) is 24.0 Å². The molecule has 7 nitrogen and oxygen atoms in total. The largest absolute Gasteiger partial charge is 0.334 e. The molecule has 0 unspecified atom stereocenters. The van der Waals surface area contributed by atoms with E-state index in [0.29, 0.717) is 5.82 Å². The lowest BCUT2D eigenvalue weighted by Gasteiger charge is -2.09. The van der Waals surface area contributed by atoms with Crippen LogP contribution < -0.4 is 16.6 Å². The molecule has 0 bridgehead atoms. The molecule has 0 atom stereocenters. The van der Waals surface area contributed by atoms with Gasteiger partial charge in [-0.2, -0.15) is 0 Å². The summed E-state index contributed by atoms with van der Waals surface area (Å²) in [6, 6.07) is 8.60. The zero-order valence-electron chi connectivity index (χ0n) is 11.2. The summed E-state index contributed by atoms with van der Waals surface area (Å²) in [5.74, 6) is 5.77. The predicted molar refractivity (Wildman–Crippen MR) is 77.9 cm³/mol. The lowest BCUT2D eigenvalue weighted by atomic mass is 10.1. The Morgan fingerprint density at radius 1 is 1.20 bits per heavy atom. The van der Waals surface area contributed by atoms with E-state index in [1.54, 1.807) is 0 Å². The van der Waals surface area contributed by atoms with Crippen LogP contribution in [0.4, 0.5) is 23.0 Å². The van der Waals surface area contributed by atoms with E-state index in [4.69, 9.17) is 5.84 Å². The normalized spacial score (nSPS) is 10.2. The number of hydrazine groups is 1. The Labute approximate surface area is 116 Å². The van der Waals surface area contributed by atoms with Gasteiger partial charge in [-0.1, -0.05) is 6.07 Å². The number of nitrogens with one attached hydrogen (secondary N) is 2. The second kappa shape index (κ2) is 5.54. The zero-order chi connectivity index (χ0) is 14.7. The average molecular weight is 273 g/mol. The molecule has 0 aliphatic rings. The number of nitrogens with two attached hydrogens (primary N) is 1. The Balaban J connectivity index is 2.42. The molecule has 0 spiro atoms. The van der Waals surface area contributed by atoms with Crippen molar-refractivity contribution in [2.45, 2.75) is 13.8 Å². The molecule has 0 aliphatic carbocycles. The van der Waals surface area contributed by atoms with Crippen molar-refractivity contribution < 1.29 is 4.92 Å². The highest BCUT2D eigenvalue weighted by molar-refractivity contribution is 5.68. The average Bonchev–Trinajstić information content (AvgIpc) is 2.37. The Morgan fingerprint density at radius 2 is 1.85 bits per heavy atom. The van der Waals surface area contributed by atoms with Crippen molar-refractivity contribution in [2.24, 2.45) is 5.84 Å². The van der Waals surface area contributed by atoms with Gasteiger partial charge in [-0.15, -0.1) is 0 Å². The van der Waals surface area contributed by atoms with Crippen LogP contribution in [0.2, 0.25) is 0 Å². The molecule has 0 saturated heterocycles. The van der Waals surface area contributed by atoms with E-state index >= 15 is 0 Å². The zero-order valence-corrected chi connectivity index (χ0v) is 11.2. The number of hydrogen-bond donors (Lipinski definition) is 3. The fraction of sp³-hybridized carbons (Fsp3) is 0.154. The number of benzene rings is 1. The number of nitro groups is 1. The van der Waals surface area contributed by atoms with Crippen molar-refractivity contribution in [1.29, 1.82) is 0 Å². The molecule has 0 aliphatic heterocycles. The Bertz CT molecular complexity index is 637. The van der Waals surface area contributed by atoms with E-state index in [9.17, 15) is 10.1 Å². The second-order valence-electron chi connectivity index (χ2n) is 4.47. The minimum absolute atomic E-state index is 0.108. The maximum absolute atomic E-state index is 11.0. The number of aromatic nitrogens is 1. The first-order chi connectivity index (χ1) is 9.49. The standard InChI is InChI=1S/C13H15N5O2/c1-8-5-9(2)7-10(6-8)15-13-11(18(19)20)3-4-12(16-13)17-14/h3-7H,14H2,1-2H3,(H2,15,16,17). The molecular weight excluding hydrogens is 258 g/mol. The summed E-state index contributed by atoms with van der Waals surface area (Å²) < 4.78 is 0. The minimum Gasteiger partial charge on any atom is -0.334 e. The molecule has 1 heterocycles. The van der Waals surface area contributed by atoms with E-state index < -0.39 is 4.92 Å². The van der Waals surface area contributed by atoms with Crippen molar-refractivity contribution in [3.63, 3.8) is 0 Å². The van der Waals surface area contributed by atoms with Gasteiger partial charge in [-0.25, -0.2) is 10.8 Å². The van der Waals surface area contributed by atoms with Crippen molar-refractivity contribution >= 4 is 23.0 Å². The first-order valence-corrected chi connectivity index (χ1v) is 5.97. The highest BCUT2D eigenvalue weighted by Gasteiger charge is 2.16. The monoisotopic (exact) mass is 273 g/mol. The molecule has 0 saturated carbocycles. The van der Waals surface area contributed by atoms with Crippen LogP contribution in [0.1, 0.15) is 11.1 Å². The third-order valence-electron chi connectivity index (χ3n) is 2.70. The summed E-state index contributed by atoms with van der Waals surface area (Å²) in [5, 5.41) is 14.0. The van der Waals surface area contributed by atoms with Gasteiger partial charge in [0.15, 0.2) is 0 Å². The molecule has 0 radical (unpaired) electrons. The number of nitrogens with zero attached hydrogens (tertiary/aromatic N) is 2. The van der Waals surface area contributed by atoms with E-state index in [-0.39, 0.29) is 11.5 Å². The highest BCUT2D eigenvalue weighted by Crippen LogP contribution is 2.27. The van der Waals surface area contributed by atoms with Gasteiger partial charge in [0.05, 0.1) is 4.92 Å². The second-order valence-corrected chi connectivity index (χ2v) is 4.47. The van der Waals surface area contributed by atoms with Crippen LogP contribution in [0.15, 0.2) is 30.3 Å². The third-order valence-corrected chi connectivity index (χ3v) is 2.70. The Kier molecular flexibility index (Phi) is 3.81. The van der Waals surface area contributed by atoms with Crippen LogP contribution in [0.3, 0.4) is 0 Å². The SMILES string of the molecule is Cc1cc(C)cc(Nc2nc(NN)ccc2[N+](=O)[O-])c1. The van der Waals surface area contributed by atoms with E-state index in [1.165, 1.54) is 12.1 Å². The quantitative estimate of drug-likeness (QED) is 0.449. The molecular formula is C13H15N5O2. The molecule has 2 rings (SSSR count). The maximum Gasteiger partial charge on any atom is 0.311 e. The molecule has 2 aromatic rings. The molecule has 7 heteroatoms. The van der Waals surface area contributed by atoms with Crippen LogP contribution in [0.25, 0.3) is 0 Å². The summed E-state index contributed by atoms with van der Waals surface area (Å²) in [5.41, 5.74) is 5.12. The minimum atomic E-state index is -0.488. The summed E-state index contributed by atoms with van der Waals surface area (Å²) in [6.45, 7) is 3.91. The van der Waals surface area contributed by atoms with Gasteiger partial charge in [0.2, 0.25) is 5.82 Å². The van der Waals surface area contributed by atoms with Gasteiger partial charge in [-0.3, -0.25) is 10.1 Å². The van der Waals surface area contributed by atoms with Gasteiger partial charge in [0.25, 0.3) is 0 Å². The van der Waals surface area contributed by atoms with Crippen molar-refractivity contribution in [1.82, 2.24) is 4.98 Å². The van der Waals surface area contributed by atoms with Crippen LogP contribution in [-0.4, -0.2) is 9.91 Å². The lowest BCUT2D eigenvalue weighted by molar-refractivity contribution is -0.384. The number of rotatable bonds is 4. The lowest BCUT2D eigenvalue weighted by Crippen LogP contribution is -2.10. The van der Waals surface area contributed by atoms with Crippen molar-refractivity contribution in [3.05, 3.63) is 51.6 Å². The van der Waals surface area contributed by atoms with E-state index in [2.05, 4.69) is 15.7 Å². The number of hydrogen-bond acceptors (Lipinski definition) is 6. The number of nitrogen functional groups attached to an aromatic ring is 1. The van der Waals surface area contributed by atoms with Gasteiger partial charge >= 0.3 is 5.69 Å². The van der Waals surface area contributed by atoms with E-state index in [1.807, 2.05) is 32.0 Å². The van der Waals surface area contributed by atoms with Crippen LogP contribution in [-0.2, 0) is 0 Å². The Morgan fingerprint density at radius 3 is 2.40 bits per heavy atom. The Hall–Kier alpha value is -2.67. The fourth-order valence-corrected chi connectivity index (χ4v) is 1.96. The fourth-order valence-electron chi connectivity index (χ4n) is 1.96. The molecule has 4 N–H and O–H groups in total. The summed E-state index contributed by atoms with van der Waals surface area (Å²) in [6.07, 6.45) is 0. The smallest absolute Gasteiger partial charge is 0.311 e. The van der Waals surface area contributed by atoms with Gasteiger partial charge in [0, 0.05) is 11.8 Å². The molecule has 1 aromatic heterocycles. The molecule has 1 aromatic carbocycles. The van der Waals surface area contributed by atoms with Gasteiger partial charge in [-0.05, 0) is 43.2 Å². The maximum atomic E-state index is 11.0. The number of aryl methyl sites for hydroxylation is 2. The van der Waals surface area contributed by atoms with Crippen LogP contribution >= 0.6 is 0 Å². The molecule has 0 amide bonds. The number of anilines is 3. The first kappa shape index (κ1) is 13.8. The van der Waals surface area contributed by atoms with Gasteiger partial charge < -0.3 is 10.7 Å². The van der Waals surface area contributed by atoms with Gasteiger partial charge in [0.1, 0.15) is 5.82 Å². The van der Waals surface area contributed by atoms with Crippen LogP contribution in [0.5, 0.6) is 0 Å². The predicted octanol–water partition coefficient (Wildman–Crippen LogP) is 2.64. The van der Waals surface area contributed by atoms with Crippen molar-refractivity contribution in [3.8, 4) is 0 Å². The molecule has 0 fully saturated rings. The highest BCUT2D eigenvalue weighted by atomic mass is 16.6. The molecule has 20 heavy (non-hydrogen) atoms. The summed E-state index contributed by atoms with van der Waals surface area (Å²) in [7, 11) is 0. The van der Waals surface area contributed by atoms with Crippen molar-refractivity contribution in [2.75, 3.05) is 10.7 Å². The summed E-state index contributed by atoms with van der Waals surface area (Å²) in [4.78, 5) is 14.6.